The van der Waals surface area contributed by atoms with Crippen LogP contribution in [0.4, 0.5) is 0 Å². The third-order valence-electron chi connectivity index (χ3n) is 3.77. The van der Waals surface area contributed by atoms with Gasteiger partial charge in [0.25, 0.3) is 0 Å². The maximum absolute atomic E-state index is 12.0. The highest BCUT2D eigenvalue weighted by molar-refractivity contribution is 5.89. The van der Waals surface area contributed by atoms with E-state index in [0.717, 1.165) is 0 Å². The lowest BCUT2D eigenvalue weighted by Gasteiger charge is -2.17. The van der Waals surface area contributed by atoms with Crippen LogP contribution in [0.15, 0.2) is 22.8 Å². The number of hydrogen-bond acceptors (Lipinski definition) is 4. The van der Waals surface area contributed by atoms with E-state index in [2.05, 4.69) is 5.32 Å². The van der Waals surface area contributed by atoms with E-state index < -0.39 is 6.10 Å². The van der Waals surface area contributed by atoms with Crippen LogP contribution in [0.2, 0.25) is 0 Å². The second-order valence-corrected chi connectivity index (χ2v) is 5.81. The van der Waals surface area contributed by atoms with Gasteiger partial charge in [0.05, 0.1) is 24.8 Å². The molecule has 2 rings (SSSR count). The van der Waals surface area contributed by atoms with Gasteiger partial charge in [0.1, 0.15) is 5.76 Å². The van der Waals surface area contributed by atoms with Gasteiger partial charge in [-0.15, -0.1) is 0 Å². The van der Waals surface area contributed by atoms with Crippen molar-refractivity contribution in [2.75, 3.05) is 13.1 Å². The number of likely N-dealkylation sites (tertiary alicyclic amines) is 1. The van der Waals surface area contributed by atoms with Crippen molar-refractivity contribution in [1.29, 1.82) is 0 Å². The lowest BCUT2D eigenvalue weighted by molar-refractivity contribution is -0.129. The van der Waals surface area contributed by atoms with Crippen LogP contribution in [0.3, 0.4) is 0 Å². The van der Waals surface area contributed by atoms with E-state index in [4.69, 9.17) is 4.42 Å². The SMILES string of the molecule is CC(C)C(O)CNC(=O)C1CC(=O)N(Cc2ccco2)C1. The van der Waals surface area contributed by atoms with Gasteiger partial charge in [0.2, 0.25) is 11.8 Å². The summed E-state index contributed by atoms with van der Waals surface area (Å²) in [5.41, 5.74) is 0. The highest BCUT2D eigenvalue weighted by Crippen LogP contribution is 2.20. The smallest absolute Gasteiger partial charge is 0.225 e. The minimum absolute atomic E-state index is 0.0454. The summed E-state index contributed by atoms with van der Waals surface area (Å²) in [5, 5.41) is 12.4. The van der Waals surface area contributed by atoms with Crippen molar-refractivity contribution in [1.82, 2.24) is 10.2 Å². The molecule has 116 valence electrons. The fourth-order valence-electron chi connectivity index (χ4n) is 2.28. The van der Waals surface area contributed by atoms with Gasteiger partial charge in [-0.3, -0.25) is 9.59 Å². The molecule has 0 saturated carbocycles. The zero-order valence-corrected chi connectivity index (χ0v) is 12.4. The average Bonchev–Trinajstić information content (AvgIpc) is 3.06. The van der Waals surface area contributed by atoms with Gasteiger partial charge in [-0.05, 0) is 18.1 Å². The van der Waals surface area contributed by atoms with E-state index >= 15 is 0 Å². The Morgan fingerprint density at radius 3 is 2.95 bits per heavy atom. The first-order valence-corrected chi connectivity index (χ1v) is 7.23. The molecule has 0 aromatic carbocycles. The number of aliphatic hydroxyl groups excluding tert-OH is 1. The van der Waals surface area contributed by atoms with Crippen LogP contribution in [-0.4, -0.2) is 41.0 Å². The van der Waals surface area contributed by atoms with Crippen molar-refractivity contribution in [2.24, 2.45) is 11.8 Å². The number of amides is 2. The topological polar surface area (TPSA) is 82.8 Å². The van der Waals surface area contributed by atoms with Gasteiger partial charge in [-0.2, -0.15) is 0 Å². The Bertz CT molecular complexity index is 484. The molecule has 2 unspecified atom stereocenters. The summed E-state index contributed by atoms with van der Waals surface area (Å²) in [6, 6.07) is 3.58. The molecule has 2 heterocycles. The Hall–Kier alpha value is -1.82. The Morgan fingerprint density at radius 1 is 1.57 bits per heavy atom. The zero-order valence-electron chi connectivity index (χ0n) is 12.4. The minimum atomic E-state index is -0.565. The van der Waals surface area contributed by atoms with Crippen molar-refractivity contribution >= 4 is 11.8 Å². The molecule has 0 spiro atoms. The van der Waals surface area contributed by atoms with Crippen LogP contribution < -0.4 is 5.32 Å². The first-order valence-electron chi connectivity index (χ1n) is 7.23. The lowest BCUT2D eigenvalue weighted by atomic mass is 10.1. The molecule has 21 heavy (non-hydrogen) atoms. The molecular formula is C15H22N2O4. The number of furan rings is 1. The van der Waals surface area contributed by atoms with Crippen LogP contribution in [-0.2, 0) is 16.1 Å². The van der Waals surface area contributed by atoms with Crippen molar-refractivity contribution < 1.29 is 19.1 Å². The maximum Gasteiger partial charge on any atom is 0.225 e. The fraction of sp³-hybridized carbons (Fsp3) is 0.600. The van der Waals surface area contributed by atoms with Gasteiger partial charge < -0.3 is 19.7 Å². The largest absolute Gasteiger partial charge is 0.467 e. The van der Waals surface area contributed by atoms with E-state index in [1.807, 2.05) is 13.8 Å². The second-order valence-electron chi connectivity index (χ2n) is 5.81. The average molecular weight is 294 g/mol. The summed E-state index contributed by atoms with van der Waals surface area (Å²) in [6.07, 6.45) is 1.21. The quantitative estimate of drug-likeness (QED) is 0.811. The molecule has 1 aromatic heterocycles. The van der Waals surface area contributed by atoms with E-state index in [0.29, 0.717) is 18.8 Å². The van der Waals surface area contributed by atoms with Crippen LogP contribution in [0.5, 0.6) is 0 Å². The predicted octanol–water partition coefficient (Wildman–Crippen LogP) is 0.761. The number of nitrogens with zero attached hydrogens (tertiary/aromatic N) is 1. The van der Waals surface area contributed by atoms with Crippen LogP contribution in [0, 0.1) is 11.8 Å². The Labute approximate surface area is 124 Å². The molecule has 6 heteroatoms. The lowest BCUT2D eigenvalue weighted by Crippen LogP contribution is -2.39. The highest BCUT2D eigenvalue weighted by Gasteiger charge is 2.34. The summed E-state index contributed by atoms with van der Waals surface area (Å²) in [5.74, 6) is 0.221. The molecule has 1 aliphatic heterocycles. The summed E-state index contributed by atoms with van der Waals surface area (Å²) >= 11 is 0. The number of carbonyl (C=O) groups excluding carboxylic acids is 2. The summed E-state index contributed by atoms with van der Waals surface area (Å²) in [6.45, 7) is 4.79. The van der Waals surface area contributed by atoms with E-state index in [9.17, 15) is 14.7 Å². The molecule has 1 aromatic rings. The molecule has 0 radical (unpaired) electrons. The van der Waals surface area contributed by atoms with E-state index in [-0.39, 0.29) is 36.6 Å². The number of rotatable bonds is 6. The van der Waals surface area contributed by atoms with E-state index in [1.54, 1.807) is 23.3 Å². The second kappa shape index (κ2) is 6.76. The van der Waals surface area contributed by atoms with Crippen molar-refractivity contribution in [3.63, 3.8) is 0 Å². The summed E-state index contributed by atoms with van der Waals surface area (Å²) in [4.78, 5) is 25.6. The normalized spacial score (nSPS) is 20.1. The van der Waals surface area contributed by atoms with Crippen molar-refractivity contribution in [3.8, 4) is 0 Å². The van der Waals surface area contributed by atoms with Crippen molar-refractivity contribution in [3.05, 3.63) is 24.2 Å². The fourth-order valence-corrected chi connectivity index (χ4v) is 2.28. The van der Waals surface area contributed by atoms with Crippen LogP contribution >= 0.6 is 0 Å². The molecule has 1 saturated heterocycles. The van der Waals surface area contributed by atoms with Crippen LogP contribution in [0.25, 0.3) is 0 Å². The first-order chi connectivity index (χ1) is 9.97. The number of hydrogen-bond donors (Lipinski definition) is 2. The van der Waals surface area contributed by atoms with Crippen LogP contribution in [0.1, 0.15) is 26.0 Å². The molecule has 1 fully saturated rings. The number of nitrogens with one attached hydrogen (secondary N) is 1. The predicted molar refractivity (Wildman–Crippen MR) is 76.1 cm³/mol. The van der Waals surface area contributed by atoms with Gasteiger partial charge in [-0.25, -0.2) is 0 Å². The van der Waals surface area contributed by atoms with Gasteiger partial charge in [0, 0.05) is 19.5 Å². The molecule has 0 bridgehead atoms. The van der Waals surface area contributed by atoms with Gasteiger partial charge in [-0.1, -0.05) is 13.8 Å². The van der Waals surface area contributed by atoms with E-state index in [1.165, 1.54) is 0 Å². The molecule has 1 aliphatic rings. The Balaban J connectivity index is 1.82. The highest BCUT2D eigenvalue weighted by atomic mass is 16.3. The third kappa shape index (κ3) is 4.07. The Morgan fingerprint density at radius 2 is 2.33 bits per heavy atom. The third-order valence-corrected chi connectivity index (χ3v) is 3.77. The number of carbonyl (C=O) groups is 2. The molecule has 2 atom stereocenters. The summed E-state index contributed by atoms with van der Waals surface area (Å²) < 4.78 is 5.22. The number of aliphatic hydroxyl groups is 1. The minimum Gasteiger partial charge on any atom is -0.467 e. The molecular weight excluding hydrogens is 272 g/mol. The summed E-state index contributed by atoms with van der Waals surface area (Å²) in [7, 11) is 0. The molecule has 0 aliphatic carbocycles. The standard InChI is InChI=1S/C15H22N2O4/c1-10(2)13(18)7-16-15(20)11-6-14(19)17(8-11)9-12-4-3-5-21-12/h3-5,10-11,13,18H,6-9H2,1-2H3,(H,16,20). The zero-order chi connectivity index (χ0) is 15.4. The van der Waals surface area contributed by atoms with Gasteiger partial charge >= 0.3 is 0 Å². The monoisotopic (exact) mass is 294 g/mol. The molecule has 2 amide bonds. The maximum atomic E-state index is 12.0. The first kappa shape index (κ1) is 15.6. The van der Waals surface area contributed by atoms with Crippen molar-refractivity contribution in [2.45, 2.75) is 32.9 Å². The molecule has 2 N–H and O–H groups in total. The van der Waals surface area contributed by atoms with Gasteiger partial charge in [0.15, 0.2) is 0 Å². The Kier molecular flexibility index (Phi) is 5.01. The molecule has 6 nitrogen and oxygen atoms in total.